The van der Waals surface area contributed by atoms with Gasteiger partial charge in [0.1, 0.15) is 5.82 Å². The minimum Gasteiger partial charge on any atom is -0.470 e. The van der Waals surface area contributed by atoms with Crippen LogP contribution >= 0.6 is 0 Å². The van der Waals surface area contributed by atoms with E-state index >= 15 is 0 Å². The van der Waals surface area contributed by atoms with Gasteiger partial charge in [-0.25, -0.2) is 27.9 Å². The number of sulfone groups is 1. The zero-order valence-electron chi connectivity index (χ0n) is 16.9. The topological polar surface area (TPSA) is 128 Å². The van der Waals surface area contributed by atoms with Crippen LogP contribution in [0.25, 0.3) is 16.9 Å². The van der Waals surface area contributed by atoms with Gasteiger partial charge in [0.05, 0.1) is 29.4 Å². The Balaban J connectivity index is 2.04. The van der Waals surface area contributed by atoms with Crippen LogP contribution in [0.5, 0.6) is 5.88 Å². The summed E-state index contributed by atoms with van der Waals surface area (Å²) >= 11 is 0. The molecule has 16 heteroatoms. The van der Waals surface area contributed by atoms with Crippen molar-refractivity contribution >= 4 is 27.2 Å². The Bertz CT molecular complexity index is 1290. The average Bonchev–Trinajstić information content (AvgIpc) is 3.11. The molecule has 0 fully saturated rings. The van der Waals surface area contributed by atoms with Crippen LogP contribution < -0.4 is 10.1 Å². The molecule has 0 radical (unpaired) electrons. The monoisotopic (exact) mass is 494 g/mol. The lowest BCUT2D eigenvalue weighted by molar-refractivity contribution is -0.290. The van der Waals surface area contributed by atoms with Gasteiger partial charge in [0.15, 0.2) is 27.1 Å². The van der Waals surface area contributed by atoms with Crippen molar-refractivity contribution in [1.82, 2.24) is 24.6 Å². The lowest BCUT2D eigenvalue weighted by atomic mass is 10.2. The Hall–Kier alpha value is -3.43. The molecule has 0 aliphatic heterocycles. The predicted octanol–water partition coefficient (Wildman–Crippen LogP) is 2.51. The van der Waals surface area contributed by atoms with Crippen molar-refractivity contribution in [3.8, 4) is 17.1 Å². The van der Waals surface area contributed by atoms with Crippen molar-refractivity contribution in [1.29, 1.82) is 0 Å². The first-order valence-corrected chi connectivity index (χ1v) is 10.7. The number of rotatable bonds is 7. The molecule has 178 valence electrons. The maximum Gasteiger partial charge on any atom is 0.456 e. The van der Waals surface area contributed by atoms with E-state index in [0.717, 1.165) is 16.9 Å². The highest BCUT2D eigenvalue weighted by Gasteiger charge is 2.58. The van der Waals surface area contributed by atoms with Crippen molar-refractivity contribution < 1.29 is 39.9 Å². The van der Waals surface area contributed by atoms with Gasteiger partial charge in [-0.15, -0.1) is 0 Å². The lowest BCUT2D eigenvalue weighted by Crippen LogP contribution is -2.41. The minimum absolute atomic E-state index is 0.0279. The lowest BCUT2D eigenvalue weighted by Gasteiger charge is -2.19. The van der Waals surface area contributed by atoms with Crippen LogP contribution in [-0.4, -0.2) is 63.3 Å². The smallest absolute Gasteiger partial charge is 0.456 e. The van der Waals surface area contributed by atoms with Gasteiger partial charge in [0.25, 0.3) is 0 Å². The molecule has 33 heavy (non-hydrogen) atoms. The molecule has 0 saturated heterocycles. The van der Waals surface area contributed by atoms with Gasteiger partial charge >= 0.3 is 12.1 Å². The Labute approximate surface area is 182 Å². The number of ether oxygens (including phenoxy) is 1. The minimum atomic E-state index is -5.81. The summed E-state index contributed by atoms with van der Waals surface area (Å²) in [4.78, 5) is 23.0. The number of hydrogen-bond donors (Lipinski definition) is 1. The zero-order valence-corrected chi connectivity index (χ0v) is 17.7. The molecule has 3 rings (SSSR count). The summed E-state index contributed by atoms with van der Waals surface area (Å²) in [6.07, 6.45) is -2.79. The fourth-order valence-electron chi connectivity index (χ4n) is 2.50. The molecule has 0 aliphatic carbocycles. The molecule has 10 nitrogen and oxygen atoms in total. The summed E-state index contributed by atoms with van der Waals surface area (Å²) in [6, 6.07) is 1.37. The van der Waals surface area contributed by atoms with Gasteiger partial charge in [0.2, 0.25) is 11.8 Å². The predicted molar refractivity (Wildman–Crippen MR) is 103 cm³/mol. The van der Waals surface area contributed by atoms with E-state index in [0.29, 0.717) is 0 Å². The average molecular weight is 494 g/mol. The number of aromatic nitrogens is 5. The van der Waals surface area contributed by atoms with Crippen molar-refractivity contribution in [2.75, 3.05) is 17.7 Å². The van der Waals surface area contributed by atoms with Gasteiger partial charge < -0.3 is 10.1 Å². The van der Waals surface area contributed by atoms with E-state index in [1.807, 2.05) is 0 Å². The van der Waals surface area contributed by atoms with Gasteiger partial charge in [-0.2, -0.15) is 27.1 Å². The molecule has 3 aromatic rings. The Morgan fingerprint density at radius 3 is 2.42 bits per heavy atom. The largest absolute Gasteiger partial charge is 0.470 e. The molecule has 3 heterocycles. The van der Waals surface area contributed by atoms with Crippen LogP contribution in [-0.2, 0) is 14.6 Å². The fraction of sp³-hybridized carbons (Fsp3) is 0.353. The molecule has 0 aromatic carbocycles. The molecule has 0 aliphatic rings. The molecule has 1 N–H and O–H groups in total. The van der Waals surface area contributed by atoms with E-state index in [1.165, 1.54) is 26.1 Å². The first-order valence-electron chi connectivity index (χ1n) is 9.04. The van der Waals surface area contributed by atoms with E-state index in [9.17, 15) is 35.2 Å². The van der Waals surface area contributed by atoms with Gasteiger partial charge in [-0.05, 0) is 6.07 Å². The van der Waals surface area contributed by atoms with Crippen molar-refractivity contribution in [3.05, 3.63) is 24.7 Å². The maximum absolute atomic E-state index is 13.0. The SMILES string of the molecule is CCS(=O)(=O)c1nn2ccc(NC(C)=O)nc2c1-c1cnc(OCC(F)(F)C(F)(F)F)cn1. The highest BCUT2D eigenvalue weighted by Crippen LogP contribution is 2.36. The second-order valence-corrected chi connectivity index (χ2v) is 8.77. The van der Waals surface area contributed by atoms with Gasteiger partial charge in [-0.3, -0.25) is 4.79 Å². The van der Waals surface area contributed by atoms with Gasteiger partial charge in [0, 0.05) is 13.1 Å². The summed E-state index contributed by atoms with van der Waals surface area (Å²) in [5.74, 6) is -6.44. The fourth-order valence-corrected chi connectivity index (χ4v) is 3.50. The number of fused-ring (bicyclic) bond motifs is 1. The van der Waals surface area contributed by atoms with Gasteiger partial charge in [-0.1, -0.05) is 6.92 Å². The normalized spacial score (nSPS) is 12.7. The van der Waals surface area contributed by atoms with Crippen molar-refractivity contribution in [2.45, 2.75) is 31.0 Å². The number of nitrogens with zero attached hydrogens (tertiary/aromatic N) is 5. The summed E-state index contributed by atoms with van der Waals surface area (Å²) in [5, 5.41) is 6.02. The molecule has 1 amide bonds. The number of carbonyl (C=O) groups is 1. The van der Waals surface area contributed by atoms with E-state index in [2.05, 4.69) is 30.1 Å². The Kier molecular flexibility index (Phi) is 6.23. The van der Waals surface area contributed by atoms with Crippen LogP contribution in [0.1, 0.15) is 13.8 Å². The quantitative estimate of drug-likeness (QED) is 0.497. The summed E-state index contributed by atoms with van der Waals surface area (Å²) in [7, 11) is -3.91. The molecule has 0 unspecified atom stereocenters. The molecule has 0 bridgehead atoms. The molecular weight excluding hydrogens is 479 g/mol. The molecular formula is C17H15F5N6O4S. The van der Waals surface area contributed by atoms with E-state index in [1.54, 1.807) is 0 Å². The van der Waals surface area contributed by atoms with Crippen LogP contribution in [0.15, 0.2) is 29.7 Å². The van der Waals surface area contributed by atoms with E-state index in [4.69, 9.17) is 0 Å². The standard InChI is InChI=1S/C17H15F5N6O4S/c1-3-33(30,31)15-13(14-26-11(25-9(2)29)4-5-28(14)27-15)10-6-24-12(7-23-10)32-8-16(18,19)17(20,21)22/h4-7H,3,8H2,1-2H3,(H,25,26,29). The van der Waals surface area contributed by atoms with Crippen molar-refractivity contribution in [2.24, 2.45) is 0 Å². The maximum atomic E-state index is 13.0. The van der Waals surface area contributed by atoms with Crippen LogP contribution in [0.4, 0.5) is 27.8 Å². The first-order chi connectivity index (χ1) is 15.2. The second kappa shape index (κ2) is 8.49. The van der Waals surface area contributed by atoms with Crippen molar-refractivity contribution in [3.63, 3.8) is 0 Å². The molecule has 3 aromatic heterocycles. The van der Waals surface area contributed by atoms with Crippen LogP contribution in [0.3, 0.4) is 0 Å². The summed E-state index contributed by atoms with van der Waals surface area (Å²) in [6.45, 7) is 0.601. The Morgan fingerprint density at radius 1 is 1.18 bits per heavy atom. The van der Waals surface area contributed by atoms with E-state index < -0.39 is 45.4 Å². The first kappa shape index (κ1) is 24.2. The third kappa shape index (κ3) is 4.99. The van der Waals surface area contributed by atoms with Crippen LogP contribution in [0.2, 0.25) is 0 Å². The third-order valence-electron chi connectivity index (χ3n) is 4.13. The highest BCUT2D eigenvalue weighted by molar-refractivity contribution is 7.91. The van der Waals surface area contributed by atoms with E-state index in [-0.39, 0.29) is 28.5 Å². The summed E-state index contributed by atoms with van der Waals surface area (Å²) in [5.41, 5.74) is -0.261. The number of hydrogen-bond acceptors (Lipinski definition) is 8. The number of nitrogens with one attached hydrogen (secondary N) is 1. The van der Waals surface area contributed by atoms with Crippen LogP contribution in [0, 0.1) is 0 Å². The number of halogens is 5. The second-order valence-electron chi connectivity index (χ2n) is 6.58. The Morgan fingerprint density at radius 2 is 1.88 bits per heavy atom. The molecule has 0 saturated carbocycles. The number of amides is 1. The number of carbonyl (C=O) groups excluding carboxylic acids is 1. The number of anilines is 1. The molecule has 0 spiro atoms. The highest BCUT2D eigenvalue weighted by atomic mass is 32.2. The zero-order chi connectivity index (χ0) is 24.6. The summed E-state index contributed by atoms with van der Waals surface area (Å²) < 4.78 is 93.5. The molecule has 0 atom stereocenters. The number of alkyl halides is 5. The third-order valence-corrected chi connectivity index (χ3v) is 5.77.